The van der Waals surface area contributed by atoms with Crippen LogP contribution in [0.15, 0.2) is 23.8 Å². The maximum absolute atomic E-state index is 12.7. The molecule has 0 heterocycles. The van der Waals surface area contributed by atoms with Crippen molar-refractivity contribution in [2.24, 2.45) is 34.0 Å². The number of carbonyl (C=O) groups is 2. The fourth-order valence-corrected chi connectivity index (χ4v) is 8.10. The van der Waals surface area contributed by atoms with Gasteiger partial charge in [0.05, 0.1) is 5.41 Å². The lowest BCUT2D eigenvalue weighted by molar-refractivity contribution is -0.195. The Kier molecular flexibility index (Phi) is 4.79. The summed E-state index contributed by atoms with van der Waals surface area (Å²) in [6.07, 6.45) is 9.50. The topological polar surface area (TPSA) is 63.6 Å². The van der Waals surface area contributed by atoms with Gasteiger partial charge in [0.1, 0.15) is 6.10 Å². The number of esters is 1. The molecule has 0 radical (unpaired) electrons. The highest BCUT2D eigenvalue weighted by Gasteiger charge is 2.68. The van der Waals surface area contributed by atoms with Crippen LogP contribution in [0.2, 0.25) is 0 Å². The van der Waals surface area contributed by atoms with Crippen molar-refractivity contribution in [2.75, 3.05) is 0 Å². The van der Waals surface area contributed by atoms with Crippen molar-refractivity contribution in [1.29, 1.82) is 0 Å². The van der Waals surface area contributed by atoms with Crippen molar-refractivity contribution in [1.82, 2.24) is 0 Å². The molecule has 29 heavy (non-hydrogen) atoms. The number of carboxylic acids is 1. The number of fused-ring (bicyclic) bond motifs is 3. The van der Waals surface area contributed by atoms with E-state index in [1.807, 2.05) is 13.8 Å². The summed E-state index contributed by atoms with van der Waals surface area (Å²) in [5, 5.41) is 10.1. The molecular weight excluding hydrogens is 364 g/mol. The monoisotopic (exact) mass is 400 g/mol. The number of rotatable bonds is 3. The van der Waals surface area contributed by atoms with Crippen molar-refractivity contribution in [2.45, 2.75) is 85.2 Å². The van der Waals surface area contributed by atoms with Gasteiger partial charge in [0.2, 0.25) is 0 Å². The zero-order valence-electron chi connectivity index (χ0n) is 18.4. The molecule has 0 aromatic carbocycles. The maximum Gasteiger partial charge on any atom is 0.333 e. The van der Waals surface area contributed by atoms with Gasteiger partial charge < -0.3 is 9.84 Å². The Balaban J connectivity index is 1.73. The first kappa shape index (κ1) is 20.7. The van der Waals surface area contributed by atoms with Gasteiger partial charge in [0.25, 0.3) is 0 Å². The lowest BCUT2D eigenvalue weighted by Gasteiger charge is -2.63. The molecule has 1 spiro atoms. The van der Waals surface area contributed by atoms with Crippen LogP contribution in [0.4, 0.5) is 0 Å². The van der Waals surface area contributed by atoms with Gasteiger partial charge in [-0.05, 0) is 94.5 Å². The van der Waals surface area contributed by atoms with E-state index in [0.717, 1.165) is 56.9 Å². The number of hydrogen-bond donors (Lipinski definition) is 1. The molecule has 160 valence electrons. The van der Waals surface area contributed by atoms with Gasteiger partial charge in [-0.15, -0.1) is 0 Å². The molecule has 4 rings (SSSR count). The summed E-state index contributed by atoms with van der Waals surface area (Å²) in [6.45, 7) is 12.4. The van der Waals surface area contributed by atoms with E-state index in [2.05, 4.69) is 13.5 Å². The van der Waals surface area contributed by atoms with Gasteiger partial charge >= 0.3 is 11.9 Å². The first-order valence-electron chi connectivity index (χ1n) is 11.4. The van der Waals surface area contributed by atoms with Gasteiger partial charge in [-0.25, -0.2) is 4.79 Å². The van der Waals surface area contributed by atoms with Gasteiger partial charge in [-0.2, -0.15) is 0 Å². The minimum atomic E-state index is -0.644. The summed E-state index contributed by atoms with van der Waals surface area (Å²) < 4.78 is 6.15. The number of allylic oxidation sites excluding steroid dienone is 1. The van der Waals surface area contributed by atoms with Crippen LogP contribution in [0, 0.1) is 34.0 Å². The predicted octanol–water partition coefficient (Wildman–Crippen LogP) is 5.53. The average molecular weight is 401 g/mol. The van der Waals surface area contributed by atoms with E-state index in [-0.39, 0.29) is 28.8 Å². The molecule has 4 heteroatoms. The largest absolute Gasteiger partial charge is 0.481 e. The summed E-state index contributed by atoms with van der Waals surface area (Å²) in [5.41, 5.74) is 1.02. The summed E-state index contributed by atoms with van der Waals surface area (Å²) in [6, 6.07) is 0. The van der Waals surface area contributed by atoms with E-state index in [4.69, 9.17) is 4.74 Å². The molecule has 0 aromatic rings. The van der Waals surface area contributed by atoms with Crippen molar-refractivity contribution in [3.8, 4) is 0 Å². The summed E-state index contributed by atoms with van der Waals surface area (Å²) in [7, 11) is 0. The molecule has 6 unspecified atom stereocenters. The van der Waals surface area contributed by atoms with Gasteiger partial charge in [-0.1, -0.05) is 26.0 Å². The van der Waals surface area contributed by atoms with E-state index >= 15 is 0 Å². The Labute approximate surface area is 174 Å². The predicted molar refractivity (Wildman–Crippen MR) is 112 cm³/mol. The van der Waals surface area contributed by atoms with Crippen LogP contribution in [0.5, 0.6) is 0 Å². The van der Waals surface area contributed by atoms with Crippen molar-refractivity contribution < 1.29 is 19.4 Å². The quantitative estimate of drug-likeness (QED) is 0.384. The Hall–Kier alpha value is -1.58. The second kappa shape index (κ2) is 6.72. The van der Waals surface area contributed by atoms with Crippen LogP contribution in [-0.4, -0.2) is 23.1 Å². The van der Waals surface area contributed by atoms with E-state index in [9.17, 15) is 14.7 Å². The average Bonchev–Trinajstić information content (AvgIpc) is 2.87. The first-order valence-corrected chi connectivity index (χ1v) is 11.4. The van der Waals surface area contributed by atoms with Crippen LogP contribution >= 0.6 is 0 Å². The molecule has 2 bridgehead atoms. The molecule has 4 aliphatic rings. The lowest BCUT2D eigenvalue weighted by Crippen LogP contribution is -2.60. The zero-order chi connectivity index (χ0) is 21.2. The van der Waals surface area contributed by atoms with E-state index in [1.165, 1.54) is 0 Å². The third kappa shape index (κ3) is 2.70. The molecule has 0 amide bonds. The van der Waals surface area contributed by atoms with E-state index in [0.29, 0.717) is 17.4 Å². The molecule has 7 atom stereocenters. The second-order valence-corrected chi connectivity index (χ2v) is 10.8. The number of ether oxygens (including phenoxy) is 1. The molecular formula is C25H36O4. The normalized spacial score (nSPS) is 46.6. The summed E-state index contributed by atoms with van der Waals surface area (Å²) >= 11 is 0. The van der Waals surface area contributed by atoms with Crippen LogP contribution in [0.3, 0.4) is 0 Å². The molecule has 4 saturated carbocycles. The second-order valence-electron chi connectivity index (χ2n) is 10.8. The smallest absolute Gasteiger partial charge is 0.333 e. The van der Waals surface area contributed by atoms with Gasteiger partial charge in [-0.3, -0.25) is 4.79 Å². The highest BCUT2D eigenvalue weighted by atomic mass is 16.5. The molecule has 1 N–H and O–H groups in total. The minimum Gasteiger partial charge on any atom is -0.481 e. The van der Waals surface area contributed by atoms with Crippen molar-refractivity contribution in [3.05, 3.63) is 23.8 Å². The Morgan fingerprint density at radius 1 is 1.14 bits per heavy atom. The Morgan fingerprint density at radius 2 is 1.86 bits per heavy atom. The molecule has 4 fully saturated rings. The SMILES string of the molecule is C=C1C2CC[C@@H]3C4(C)CCCC(C)(C(=O)O)C4CCC3(C2)C1OC(=O)/C(C)=C/C. The zero-order valence-corrected chi connectivity index (χ0v) is 18.4. The first-order chi connectivity index (χ1) is 13.6. The van der Waals surface area contributed by atoms with Crippen LogP contribution in [0.1, 0.15) is 79.1 Å². The van der Waals surface area contributed by atoms with Crippen LogP contribution < -0.4 is 0 Å². The number of carbonyl (C=O) groups excluding carboxylic acids is 1. The maximum atomic E-state index is 12.7. The molecule has 4 nitrogen and oxygen atoms in total. The molecule has 0 aliphatic heterocycles. The Bertz CT molecular complexity index is 782. The highest BCUT2D eigenvalue weighted by Crippen LogP contribution is 2.72. The number of hydrogen-bond acceptors (Lipinski definition) is 3. The molecule has 0 saturated heterocycles. The third-order valence-corrected chi connectivity index (χ3v) is 9.65. The van der Waals surface area contributed by atoms with Crippen molar-refractivity contribution >= 4 is 11.9 Å². The van der Waals surface area contributed by atoms with Gasteiger partial charge in [0, 0.05) is 11.0 Å². The molecule has 4 aliphatic carbocycles. The standard InChI is InChI=1S/C25H36O4/c1-6-15(2)21(26)29-20-16(3)17-8-9-19-23(4)11-7-12-24(5,22(27)28)18(23)10-13-25(19,20)14-17/h6,17-20H,3,7-14H2,1-2,4-5H3,(H,27,28)/b15-6+/t17?,18?,19-,20?,23?,24?,25?/m1/s1. The number of carboxylic acid groups (broad SMARTS) is 1. The van der Waals surface area contributed by atoms with E-state index in [1.54, 1.807) is 13.0 Å². The fraction of sp³-hybridized carbons (Fsp3) is 0.760. The number of aliphatic carboxylic acids is 1. The summed E-state index contributed by atoms with van der Waals surface area (Å²) in [4.78, 5) is 25.0. The molecule has 0 aromatic heterocycles. The Morgan fingerprint density at radius 3 is 2.52 bits per heavy atom. The highest BCUT2D eigenvalue weighted by molar-refractivity contribution is 5.88. The third-order valence-electron chi connectivity index (χ3n) is 9.65. The lowest BCUT2D eigenvalue weighted by atomic mass is 9.40. The summed E-state index contributed by atoms with van der Waals surface area (Å²) in [5.74, 6) is 0.151. The fourth-order valence-electron chi connectivity index (χ4n) is 8.10. The van der Waals surface area contributed by atoms with Crippen LogP contribution in [0.25, 0.3) is 0 Å². The van der Waals surface area contributed by atoms with E-state index < -0.39 is 11.4 Å². The van der Waals surface area contributed by atoms with Crippen LogP contribution in [-0.2, 0) is 14.3 Å². The van der Waals surface area contributed by atoms with Gasteiger partial charge in [0.15, 0.2) is 0 Å². The minimum absolute atomic E-state index is 0.0144. The van der Waals surface area contributed by atoms with Crippen molar-refractivity contribution in [3.63, 3.8) is 0 Å².